The van der Waals surface area contributed by atoms with Gasteiger partial charge in [0.15, 0.2) is 0 Å². The summed E-state index contributed by atoms with van der Waals surface area (Å²) in [6, 6.07) is 19.2. The van der Waals surface area contributed by atoms with Gasteiger partial charge >= 0.3 is 0 Å². The molecule has 390 valence electrons. The largest absolute Gasteiger partial charge is 0.343 e. The number of carbonyl (C=O) groups is 2. The van der Waals surface area contributed by atoms with Crippen molar-refractivity contribution < 1.29 is 9.59 Å². The van der Waals surface area contributed by atoms with Crippen LogP contribution in [-0.2, 0) is 16.0 Å². The number of nitrogens with one attached hydrogen (secondary N) is 2. The zero-order valence-corrected chi connectivity index (χ0v) is 46.8. The summed E-state index contributed by atoms with van der Waals surface area (Å²) in [6.45, 7) is 36.2. The van der Waals surface area contributed by atoms with Gasteiger partial charge in [-0.1, -0.05) is 131 Å². The SMILES string of the molecule is CCN(CC1CCN(C(C(=O)NC(Cc2cccc(-c3ccc(C)c(/C(CC(C)(C)CC)=C(/c4cccnc4C(C)C)C(C)C)c3)c2)C(=O)N2CCCCN2)C2CCCC2)C1)C(C)(C)C(C)C(C)C1CC1. The van der Waals surface area contributed by atoms with Crippen molar-refractivity contribution in [2.24, 2.45) is 40.9 Å². The van der Waals surface area contributed by atoms with Crippen molar-refractivity contribution >= 4 is 23.0 Å². The predicted octanol–water partition coefficient (Wildman–Crippen LogP) is 13.4. The Balaban J connectivity index is 1.17. The van der Waals surface area contributed by atoms with Crippen LogP contribution in [0.3, 0.4) is 0 Å². The molecule has 2 aliphatic heterocycles. The van der Waals surface area contributed by atoms with Crippen LogP contribution in [0, 0.1) is 47.8 Å². The molecular formula is C63H96N6O2. The molecule has 2 aromatic carbocycles. The second kappa shape index (κ2) is 24.0. The molecule has 2 aliphatic carbocycles. The molecule has 2 amide bonds. The number of benzene rings is 2. The lowest BCUT2D eigenvalue weighted by Gasteiger charge is -2.46. The first-order valence-electron chi connectivity index (χ1n) is 28.6. The summed E-state index contributed by atoms with van der Waals surface area (Å²) in [7, 11) is 0. The van der Waals surface area contributed by atoms with Gasteiger partial charge in [-0.05, 0) is 189 Å². The predicted molar refractivity (Wildman–Crippen MR) is 298 cm³/mol. The molecule has 5 atom stereocenters. The van der Waals surface area contributed by atoms with E-state index in [1.54, 1.807) is 5.01 Å². The van der Waals surface area contributed by atoms with Crippen molar-refractivity contribution in [2.75, 3.05) is 39.3 Å². The summed E-state index contributed by atoms with van der Waals surface area (Å²) < 4.78 is 0. The molecule has 5 unspecified atom stereocenters. The second-order valence-electron chi connectivity index (χ2n) is 24.7. The Morgan fingerprint density at radius 1 is 0.831 bits per heavy atom. The van der Waals surface area contributed by atoms with Crippen LogP contribution in [0.5, 0.6) is 0 Å². The number of pyridine rings is 1. The van der Waals surface area contributed by atoms with E-state index in [-0.39, 0.29) is 28.8 Å². The highest BCUT2D eigenvalue weighted by molar-refractivity contribution is 5.94. The Labute approximate surface area is 432 Å². The summed E-state index contributed by atoms with van der Waals surface area (Å²) in [5.41, 5.74) is 14.7. The number of nitrogens with zero attached hydrogens (tertiary/aromatic N) is 4. The summed E-state index contributed by atoms with van der Waals surface area (Å²) in [6.07, 6.45) is 14.8. The normalized spacial score (nSPS) is 20.7. The van der Waals surface area contributed by atoms with Crippen LogP contribution < -0.4 is 10.7 Å². The summed E-state index contributed by atoms with van der Waals surface area (Å²) in [4.78, 5) is 40.1. The number of aromatic nitrogens is 1. The van der Waals surface area contributed by atoms with E-state index in [9.17, 15) is 4.79 Å². The number of likely N-dealkylation sites (tertiary alicyclic amines) is 1. The first kappa shape index (κ1) is 54.9. The first-order chi connectivity index (χ1) is 33.8. The molecule has 0 bridgehead atoms. The molecular weight excluding hydrogens is 873 g/mol. The lowest BCUT2D eigenvalue weighted by molar-refractivity contribution is -0.141. The fourth-order valence-corrected chi connectivity index (χ4v) is 12.9. The van der Waals surface area contributed by atoms with Gasteiger partial charge in [0.05, 0.1) is 11.7 Å². The van der Waals surface area contributed by atoms with Crippen LogP contribution in [0.1, 0.15) is 188 Å². The monoisotopic (exact) mass is 969 g/mol. The third-order valence-corrected chi connectivity index (χ3v) is 18.2. The molecule has 1 aromatic heterocycles. The average Bonchev–Trinajstić information content (AvgIpc) is 3.88. The fraction of sp³-hybridized carbons (Fsp3) is 0.667. The van der Waals surface area contributed by atoms with Gasteiger partial charge in [-0.25, -0.2) is 5.43 Å². The Kier molecular flexibility index (Phi) is 18.6. The standard InChI is InChI=1S/C63H96N6O2/c1-14-62(10,11)39-55(57(42(3)4)53-26-21-32-64-58(53)43(5)6)54-38-52(28-27-44(54)7)51-25-20-22-47(36-51)37-56(61(71)69-34-19-18-33-65-69)66-60(70)59(50-23-16-17-24-50)67-35-31-48(40-67)41-68(15-2)63(12,13)46(9)45(8)49-29-30-49/h20-22,25-28,32,36,38,42-43,45-46,48-50,56,59,65H,14-19,23-24,29-31,33-35,37,39-41H2,1-13H3,(H,66,70)/b57-55+. The summed E-state index contributed by atoms with van der Waals surface area (Å²) >= 11 is 0. The van der Waals surface area contributed by atoms with E-state index in [4.69, 9.17) is 4.98 Å². The van der Waals surface area contributed by atoms with E-state index in [1.165, 1.54) is 53.5 Å². The molecule has 3 aromatic rings. The maximum Gasteiger partial charge on any atom is 0.259 e. The number of hydrazine groups is 1. The van der Waals surface area contributed by atoms with Crippen molar-refractivity contribution in [2.45, 2.75) is 191 Å². The number of hydrogen-bond acceptors (Lipinski definition) is 6. The quantitative estimate of drug-likeness (QED) is 0.104. The maximum absolute atomic E-state index is 15.1. The molecule has 4 aliphatic rings. The first-order valence-corrected chi connectivity index (χ1v) is 28.6. The molecule has 3 heterocycles. The molecule has 71 heavy (non-hydrogen) atoms. The van der Waals surface area contributed by atoms with E-state index in [0.717, 1.165) is 112 Å². The van der Waals surface area contributed by atoms with Crippen LogP contribution in [0.4, 0.5) is 0 Å². The highest BCUT2D eigenvalue weighted by atomic mass is 16.2. The van der Waals surface area contributed by atoms with Gasteiger partial charge in [0.25, 0.3) is 5.91 Å². The van der Waals surface area contributed by atoms with Crippen molar-refractivity contribution in [1.29, 1.82) is 0 Å². The smallest absolute Gasteiger partial charge is 0.259 e. The Hall–Kier alpha value is -3.85. The van der Waals surface area contributed by atoms with E-state index in [2.05, 4.69) is 165 Å². The number of aryl methyl sites for hydroxylation is 1. The zero-order valence-electron chi connectivity index (χ0n) is 46.8. The molecule has 7 rings (SSSR count). The Morgan fingerprint density at radius 2 is 1.56 bits per heavy atom. The van der Waals surface area contributed by atoms with Gasteiger partial charge in [0.1, 0.15) is 6.04 Å². The van der Waals surface area contributed by atoms with Crippen molar-refractivity contribution in [3.05, 3.63) is 88.7 Å². The van der Waals surface area contributed by atoms with Crippen LogP contribution in [0.2, 0.25) is 0 Å². The number of allylic oxidation sites excluding steroid dienone is 2. The number of amides is 2. The Bertz CT molecular complexity index is 2280. The minimum Gasteiger partial charge on any atom is -0.343 e. The molecule has 2 N–H and O–H groups in total. The van der Waals surface area contributed by atoms with Crippen molar-refractivity contribution in [3.8, 4) is 11.1 Å². The van der Waals surface area contributed by atoms with Gasteiger partial charge in [0, 0.05) is 44.3 Å². The van der Waals surface area contributed by atoms with Crippen molar-refractivity contribution in [3.63, 3.8) is 0 Å². The lowest BCUT2D eigenvalue weighted by atomic mass is 9.75. The molecule has 0 spiro atoms. The van der Waals surface area contributed by atoms with Gasteiger partial charge < -0.3 is 5.32 Å². The van der Waals surface area contributed by atoms with E-state index >= 15 is 4.79 Å². The number of hydrogen-bond donors (Lipinski definition) is 2. The van der Waals surface area contributed by atoms with E-state index in [0.29, 0.717) is 42.6 Å². The molecule has 4 fully saturated rings. The Morgan fingerprint density at radius 3 is 2.21 bits per heavy atom. The minimum atomic E-state index is -0.681. The third kappa shape index (κ3) is 13.3. The third-order valence-electron chi connectivity index (χ3n) is 18.2. The maximum atomic E-state index is 15.1. The van der Waals surface area contributed by atoms with Gasteiger partial charge in [0.2, 0.25) is 5.91 Å². The highest BCUT2D eigenvalue weighted by Gasteiger charge is 2.44. The molecule has 2 saturated heterocycles. The highest BCUT2D eigenvalue weighted by Crippen LogP contribution is 2.46. The van der Waals surface area contributed by atoms with Crippen LogP contribution in [0.15, 0.2) is 60.8 Å². The van der Waals surface area contributed by atoms with E-state index < -0.39 is 6.04 Å². The zero-order chi connectivity index (χ0) is 51.2. The molecule has 8 nitrogen and oxygen atoms in total. The summed E-state index contributed by atoms with van der Waals surface area (Å²) in [5, 5.41) is 5.28. The van der Waals surface area contributed by atoms with Crippen LogP contribution >= 0.6 is 0 Å². The number of rotatable bonds is 22. The fourth-order valence-electron chi connectivity index (χ4n) is 12.9. The molecule has 8 heteroatoms. The topological polar surface area (TPSA) is 80.8 Å². The minimum absolute atomic E-state index is 0.0355. The lowest BCUT2D eigenvalue weighted by Crippen LogP contribution is -2.59. The van der Waals surface area contributed by atoms with Gasteiger partial charge in [-0.2, -0.15) is 0 Å². The average molecular weight is 970 g/mol. The van der Waals surface area contributed by atoms with Crippen LogP contribution in [0.25, 0.3) is 22.3 Å². The van der Waals surface area contributed by atoms with Crippen molar-refractivity contribution in [1.82, 2.24) is 30.5 Å². The van der Waals surface area contributed by atoms with Gasteiger partial charge in [-0.3, -0.25) is 29.4 Å². The molecule has 2 saturated carbocycles. The number of carbonyl (C=O) groups excluding carboxylic acids is 2. The molecule has 0 radical (unpaired) electrons. The van der Waals surface area contributed by atoms with Crippen LogP contribution in [-0.4, -0.2) is 88.5 Å². The second-order valence-corrected chi connectivity index (χ2v) is 24.7. The summed E-state index contributed by atoms with van der Waals surface area (Å²) in [5.74, 6) is 3.68. The van der Waals surface area contributed by atoms with E-state index in [1.807, 2.05) is 6.20 Å². The van der Waals surface area contributed by atoms with Gasteiger partial charge in [-0.15, -0.1) is 0 Å².